The number of nitrogens with one attached hydrogen (secondary N) is 3. The number of hydrogen-bond donors (Lipinski definition) is 3. The maximum Gasteiger partial charge on any atom is 0.419 e. The van der Waals surface area contributed by atoms with Crippen molar-refractivity contribution in [1.82, 2.24) is 20.5 Å². The molecule has 282 valence electrons. The normalized spacial score (nSPS) is 21.0. The molecule has 2 aromatic carbocycles. The number of aromatic amines is 2. The molecule has 2 aliphatic heterocycles. The summed E-state index contributed by atoms with van der Waals surface area (Å²) in [5, 5.41) is 7.73. The summed E-state index contributed by atoms with van der Waals surface area (Å²) < 4.78 is 119. The first-order valence-corrected chi connectivity index (χ1v) is 16.2. The third-order valence-electron chi connectivity index (χ3n) is 9.14. The Morgan fingerprint density at radius 1 is 0.788 bits per heavy atom. The van der Waals surface area contributed by atoms with E-state index in [-0.39, 0.29) is 35.4 Å². The molecule has 4 aromatic rings. The van der Waals surface area contributed by atoms with E-state index in [0.29, 0.717) is 67.5 Å². The second kappa shape index (κ2) is 15.8. The minimum Gasteiger partial charge on any atom is -0.453 e. The van der Waals surface area contributed by atoms with Gasteiger partial charge >= 0.3 is 18.4 Å². The summed E-state index contributed by atoms with van der Waals surface area (Å²) in [5.74, 6) is -1.72. The van der Waals surface area contributed by atoms with Gasteiger partial charge in [0, 0.05) is 42.6 Å². The molecule has 2 saturated heterocycles. The van der Waals surface area contributed by atoms with Crippen molar-refractivity contribution >= 4 is 6.09 Å². The van der Waals surface area contributed by atoms with Crippen LogP contribution in [0, 0.1) is 11.6 Å². The number of nitrogens with zero attached hydrogens (tertiary/aromatic N) is 1. The molecule has 2 fully saturated rings. The van der Waals surface area contributed by atoms with E-state index in [1.165, 1.54) is 36.3 Å². The van der Waals surface area contributed by atoms with Gasteiger partial charge in [-0.05, 0) is 80.5 Å². The predicted octanol–water partition coefficient (Wildman–Crippen LogP) is 6.89. The summed E-state index contributed by atoms with van der Waals surface area (Å²) in [5.41, 5.74) is -2.46. The molecule has 6 rings (SSSR count). The fourth-order valence-electron chi connectivity index (χ4n) is 6.67. The van der Waals surface area contributed by atoms with E-state index >= 15 is 0 Å². The quantitative estimate of drug-likeness (QED) is 0.183. The van der Waals surface area contributed by atoms with E-state index in [2.05, 4.69) is 15.6 Å². The van der Waals surface area contributed by atoms with Crippen LogP contribution in [0.25, 0.3) is 0 Å². The molecular weight excluding hydrogens is 712 g/mol. The van der Waals surface area contributed by atoms with Crippen molar-refractivity contribution in [1.29, 1.82) is 0 Å². The van der Waals surface area contributed by atoms with Crippen LogP contribution in [0.2, 0.25) is 0 Å². The third-order valence-corrected chi connectivity index (χ3v) is 9.14. The first-order chi connectivity index (χ1) is 24.5. The van der Waals surface area contributed by atoms with Gasteiger partial charge < -0.3 is 24.0 Å². The maximum absolute atomic E-state index is 13.9. The summed E-state index contributed by atoms with van der Waals surface area (Å²) in [4.78, 5) is 36.0. The second-order valence-corrected chi connectivity index (χ2v) is 12.7. The lowest BCUT2D eigenvalue weighted by Crippen LogP contribution is -2.46. The zero-order valence-electron chi connectivity index (χ0n) is 27.5. The summed E-state index contributed by atoms with van der Waals surface area (Å²) in [6, 6.07) is 7.98. The van der Waals surface area contributed by atoms with Gasteiger partial charge in [-0.2, -0.15) is 36.7 Å². The van der Waals surface area contributed by atoms with Crippen molar-refractivity contribution < 1.29 is 53.7 Å². The SMILES string of the molecule is COC(=O)N1CC[C@H](c2cc(=O)[nH]o2)C[C@@H]1Cc1ccc(C(F)(F)F)c(F)c1.O=c1cc([C@H]2CCN[C@@H](Cc3ccc(C(F)(F)F)c(F)c3)C2)o[nH]1. The van der Waals surface area contributed by atoms with E-state index in [1.807, 2.05) is 0 Å². The average molecular weight is 747 g/mol. The van der Waals surface area contributed by atoms with Crippen molar-refractivity contribution in [2.75, 3.05) is 20.2 Å². The van der Waals surface area contributed by atoms with Crippen LogP contribution >= 0.6 is 0 Å². The van der Waals surface area contributed by atoms with Gasteiger partial charge in [-0.15, -0.1) is 0 Å². The van der Waals surface area contributed by atoms with Gasteiger partial charge in [0.15, 0.2) is 0 Å². The van der Waals surface area contributed by atoms with E-state index in [9.17, 15) is 49.5 Å². The van der Waals surface area contributed by atoms with Crippen LogP contribution in [0.4, 0.5) is 39.9 Å². The van der Waals surface area contributed by atoms with E-state index in [1.54, 1.807) is 0 Å². The molecule has 52 heavy (non-hydrogen) atoms. The van der Waals surface area contributed by atoms with Gasteiger partial charge in [-0.1, -0.05) is 12.1 Å². The number of rotatable bonds is 6. The van der Waals surface area contributed by atoms with Crippen molar-refractivity contribution in [3.8, 4) is 0 Å². The summed E-state index contributed by atoms with van der Waals surface area (Å²) in [6.45, 7) is 0.993. The predicted molar refractivity (Wildman–Crippen MR) is 168 cm³/mol. The smallest absolute Gasteiger partial charge is 0.419 e. The summed E-state index contributed by atoms with van der Waals surface area (Å²) in [7, 11) is 1.23. The molecule has 0 saturated carbocycles. The monoisotopic (exact) mass is 746 g/mol. The number of likely N-dealkylation sites (tertiary alicyclic amines) is 1. The Morgan fingerprint density at radius 3 is 1.77 bits per heavy atom. The first-order valence-electron chi connectivity index (χ1n) is 16.2. The van der Waals surface area contributed by atoms with Crippen molar-refractivity contribution in [3.63, 3.8) is 0 Å². The largest absolute Gasteiger partial charge is 0.453 e. The summed E-state index contributed by atoms with van der Waals surface area (Å²) in [6.07, 6.45) is -7.15. The molecule has 0 spiro atoms. The fourth-order valence-corrected chi connectivity index (χ4v) is 6.67. The van der Waals surface area contributed by atoms with Crippen molar-refractivity contribution in [3.05, 3.63) is 115 Å². The van der Waals surface area contributed by atoms with Crippen LogP contribution in [-0.2, 0) is 29.9 Å². The van der Waals surface area contributed by atoms with Crippen LogP contribution in [0.5, 0.6) is 0 Å². The van der Waals surface area contributed by atoms with E-state index in [4.69, 9.17) is 13.8 Å². The number of ether oxygens (including phenoxy) is 1. The fraction of sp³-hybridized carbons (Fsp3) is 0.441. The molecule has 4 heterocycles. The Bertz CT molecular complexity index is 1950. The van der Waals surface area contributed by atoms with Crippen molar-refractivity contribution in [2.24, 2.45) is 0 Å². The highest BCUT2D eigenvalue weighted by Crippen LogP contribution is 2.36. The second-order valence-electron chi connectivity index (χ2n) is 12.7. The van der Waals surface area contributed by atoms with Crippen LogP contribution in [-0.4, -0.2) is 53.6 Å². The molecule has 18 heteroatoms. The number of halogens is 8. The average Bonchev–Trinajstić information content (AvgIpc) is 3.72. The summed E-state index contributed by atoms with van der Waals surface area (Å²) >= 11 is 0. The molecule has 1 amide bonds. The zero-order chi connectivity index (χ0) is 37.8. The van der Waals surface area contributed by atoms with Crippen LogP contribution in [0.15, 0.2) is 67.2 Å². The van der Waals surface area contributed by atoms with Crippen molar-refractivity contribution in [2.45, 2.75) is 74.8 Å². The third kappa shape index (κ3) is 9.51. The Balaban J connectivity index is 0.000000203. The molecule has 0 aliphatic carbocycles. The minimum absolute atomic E-state index is 0.0277. The number of hydrogen-bond acceptors (Lipinski definition) is 7. The molecule has 4 atom stereocenters. The molecule has 0 bridgehead atoms. The van der Waals surface area contributed by atoms with Crippen LogP contribution in [0.3, 0.4) is 0 Å². The number of piperidine rings is 2. The van der Waals surface area contributed by atoms with Gasteiger partial charge in [0.2, 0.25) is 0 Å². The van der Waals surface area contributed by atoms with Gasteiger partial charge in [0.25, 0.3) is 11.1 Å². The number of benzene rings is 2. The van der Waals surface area contributed by atoms with E-state index in [0.717, 1.165) is 24.6 Å². The number of carbonyl (C=O) groups excluding carboxylic acids is 1. The molecular formula is C34H34F8N4O6. The molecule has 0 radical (unpaired) electrons. The first kappa shape index (κ1) is 38.4. The van der Waals surface area contributed by atoms with Gasteiger partial charge in [-0.25, -0.2) is 13.6 Å². The number of aromatic nitrogens is 2. The van der Waals surface area contributed by atoms with E-state index < -0.39 is 47.2 Å². The lowest BCUT2D eigenvalue weighted by atomic mass is 9.86. The number of H-pyrrole nitrogens is 2. The lowest BCUT2D eigenvalue weighted by molar-refractivity contribution is -0.140. The Hall–Kier alpha value is -4.87. The zero-order valence-corrected chi connectivity index (χ0v) is 27.5. The Labute approximate surface area is 290 Å². The highest BCUT2D eigenvalue weighted by Gasteiger charge is 2.37. The topological polar surface area (TPSA) is 134 Å². The molecule has 0 unspecified atom stereocenters. The van der Waals surface area contributed by atoms with Gasteiger partial charge in [-0.3, -0.25) is 9.59 Å². The minimum atomic E-state index is -4.78. The highest BCUT2D eigenvalue weighted by molar-refractivity contribution is 5.68. The van der Waals surface area contributed by atoms with Gasteiger partial charge in [0.05, 0.1) is 18.2 Å². The number of amides is 1. The number of carbonyl (C=O) groups is 1. The highest BCUT2D eigenvalue weighted by atomic mass is 19.4. The number of methoxy groups -OCH3 is 1. The van der Waals surface area contributed by atoms with Crippen LogP contribution < -0.4 is 16.4 Å². The number of alkyl halides is 6. The molecule has 3 N–H and O–H groups in total. The maximum atomic E-state index is 13.9. The van der Waals surface area contributed by atoms with Crippen LogP contribution in [0.1, 0.15) is 71.3 Å². The standard InChI is InChI=1S/C18H18F4N2O4.C16H16F4N2O2/c1-27-17(26)24-5-4-11(15-9-16(25)23-28-15)8-12(24)6-10-2-3-13(14(19)7-10)18(20,21)22;17-13-6-9(1-2-12(13)16(18,19)20)5-11-7-10(3-4-21-11)14-8-15(23)22-24-14/h2-3,7,9,11-12H,4-6,8H2,1H3,(H,23,25);1-2,6,8,10-11,21H,3-5,7H2,(H,22,23)/t11-,12-;10-,11-/m00/s1. The Morgan fingerprint density at radius 2 is 1.31 bits per heavy atom. The van der Waals surface area contributed by atoms with Gasteiger partial charge in [0.1, 0.15) is 23.2 Å². The lowest BCUT2D eigenvalue weighted by Gasteiger charge is -2.38. The molecule has 2 aliphatic rings. The Kier molecular flexibility index (Phi) is 11.7. The molecule has 2 aromatic heterocycles. The molecule has 10 nitrogen and oxygen atoms in total.